The van der Waals surface area contributed by atoms with Crippen LogP contribution in [0, 0.1) is 0 Å². The summed E-state index contributed by atoms with van der Waals surface area (Å²) >= 11 is 1.12. The molecule has 0 radical (unpaired) electrons. The van der Waals surface area contributed by atoms with Crippen molar-refractivity contribution in [2.24, 2.45) is 0 Å². The molecule has 9 heteroatoms. The number of amides is 1. The number of carbonyl (C=O) groups is 2. The number of ether oxygens (including phenoxy) is 1. The van der Waals surface area contributed by atoms with E-state index in [-0.39, 0.29) is 12.4 Å². The van der Waals surface area contributed by atoms with Gasteiger partial charge in [0.1, 0.15) is 10.8 Å². The van der Waals surface area contributed by atoms with Crippen molar-refractivity contribution in [3.8, 4) is 10.6 Å². The van der Waals surface area contributed by atoms with Crippen LogP contribution in [-0.4, -0.2) is 23.5 Å². The lowest BCUT2D eigenvalue weighted by molar-refractivity contribution is -0.152. The minimum absolute atomic E-state index is 0.0696. The van der Waals surface area contributed by atoms with Crippen LogP contribution >= 0.6 is 11.3 Å². The van der Waals surface area contributed by atoms with Gasteiger partial charge in [0, 0.05) is 10.9 Å². The van der Waals surface area contributed by atoms with E-state index in [1.54, 1.807) is 6.92 Å². The Bertz CT molecular complexity index is 711. The summed E-state index contributed by atoms with van der Waals surface area (Å²) < 4.78 is 42.0. The van der Waals surface area contributed by atoms with Crippen molar-refractivity contribution in [1.82, 2.24) is 4.98 Å². The summed E-state index contributed by atoms with van der Waals surface area (Å²) in [5.74, 6) is -1.87. The van der Waals surface area contributed by atoms with Gasteiger partial charge in [-0.2, -0.15) is 13.2 Å². The normalized spacial score (nSPS) is 11.1. The highest BCUT2D eigenvalue weighted by Gasteiger charge is 2.30. The third-order valence-electron chi connectivity index (χ3n) is 2.67. The summed E-state index contributed by atoms with van der Waals surface area (Å²) in [4.78, 5) is 26.7. The number of anilines is 1. The Morgan fingerprint density at radius 2 is 1.91 bits per heavy atom. The molecule has 2 rings (SSSR count). The van der Waals surface area contributed by atoms with Crippen molar-refractivity contribution in [1.29, 1.82) is 0 Å². The third-order valence-corrected chi connectivity index (χ3v) is 3.56. The number of alkyl halides is 3. The van der Waals surface area contributed by atoms with Crippen molar-refractivity contribution in [2.45, 2.75) is 13.1 Å². The van der Waals surface area contributed by atoms with Crippen LogP contribution in [0.2, 0.25) is 0 Å². The first-order chi connectivity index (χ1) is 10.8. The van der Waals surface area contributed by atoms with Gasteiger partial charge in [-0.3, -0.25) is 4.79 Å². The molecule has 0 fully saturated rings. The standard InChI is InChI=1S/C14H11F3N2O3S/c1-2-22-13(21)11(20)18-10-7-23-12(19-10)8-3-5-9(6-4-8)14(15,16)17/h3-7H,2H2,1H3,(H,18,20). The maximum Gasteiger partial charge on any atom is 0.416 e. The van der Waals surface area contributed by atoms with E-state index in [0.717, 1.165) is 23.5 Å². The van der Waals surface area contributed by atoms with Crippen LogP contribution in [0.3, 0.4) is 0 Å². The third kappa shape index (κ3) is 4.28. The largest absolute Gasteiger partial charge is 0.459 e. The van der Waals surface area contributed by atoms with Crippen LogP contribution in [0.5, 0.6) is 0 Å². The van der Waals surface area contributed by atoms with Gasteiger partial charge < -0.3 is 10.1 Å². The number of esters is 1. The number of rotatable bonds is 3. The Labute approximate surface area is 133 Å². The van der Waals surface area contributed by atoms with E-state index in [9.17, 15) is 22.8 Å². The molecular formula is C14H11F3N2O3S. The van der Waals surface area contributed by atoms with Gasteiger partial charge in [-0.05, 0) is 19.1 Å². The molecule has 1 amide bonds. The topological polar surface area (TPSA) is 68.3 Å². The molecule has 23 heavy (non-hydrogen) atoms. The Kier molecular flexibility index (Phi) is 4.99. The van der Waals surface area contributed by atoms with Crippen LogP contribution in [0.1, 0.15) is 12.5 Å². The van der Waals surface area contributed by atoms with Gasteiger partial charge in [0.05, 0.1) is 12.2 Å². The summed E-state index contributed by atoms with van der Waals surface area (Å²) in [5.41, 5.74) is -0.284. The number of nitrogens with one attached hydrogen (secondary N) is 1. The number of carbonyl (C=O) groups excluding carboxylic acids is 2. The van der Waals surface area contributed by atoms with Crippen molar-refractivity contribution in [3.63, 3.8) is 0 Å². The number of thiazole rings is 1. The first-order valence-corrected chi connectivity index (χ1v) is 7.30. The number of halogens is 3. The predicted octanol–water partition coefficient (Wildman–Crippen LogP) is 3.33. The number of hydrogen-bond acceptors (Lipinski definition) is 5. The fourth-order valence-corrected chi connectivity index (χ4v) is 2.39. The molecular weight excluding hydrogens is 333 g/mol. The van der Waals surface area contributed by atoms with Crippen molar-refractivity contribution >= 4 is 29.0 Å². The van der Waals surface area contributed by atoms with Gasteiger partial charge in [-0.25, -0.2) is 9.78 Å². The van der Waals surface area contributed by atoms with Crippen molar-refractivity contribution in [3.05, 3.63) is 35.2 Å². The second-order valence-corrected chi connectivity index (χ2v) is 5.15. The number of nitrogens with zero attached hydrogens (tertiary/aromatic N) is 1. The van der Waals surface area contributed by atoms with Crippen molar-refractivity contribution < 1.29 is 27.5 Å². The van der Waals surface area contributed by atoms with E-state index in [0.29, 0.717) is 10.6 Å². The van der Waals surface area contributed by atoms with Crippen LogP contribution in [0.4, 0.5) is 19.0 Å². The average molecular weight is 344 g/mol. The lowest BCUT2D eigenvalue weighted by Gasteiger charge is -2.06. The first kappa shape index (κ1) is 16.9. The van der Waals surface area contributed by atoms with E-state index < -0.39 is 23.6 Å². The molecule has 1 N–H and O–H groups in total. The number of benzene rings is 1. The van der Waals surface area contributed by atoms with Gasteiger partial charge in [0.2, 0.25) is 0 Å². The Morgan fingerprint density at radius 3 is 2.48 bits per heavy atom. The van der Waals surface area contributed by atoms with E-state index in [2.05, 4.69) is 15.0 Å². The van der Waals surface area contributed by atoms with Gasteiger partial charge in [-0.15, -0.1) is 11.3 Å². The van der Waals surface area contributed by atoms with Crippen LogP contribution in [-0.2, 0) is 20.5 Å². The molecule has 0 atom stereocenters. The summed E-state index contributed by atoms with van der Waals surface area (Å²) in [6.45, 7) is 1.64. The molecule has 1 aromatic heterocycles. The molecule has 0 unspecified atom stereocenters. The predicted molar refractivity (Wildman–Crippen MR) is 77.8 cm³/mol. The molecule has 0 aliphatic carbocycles. The van der Waals surface area contributed by atoms with Gasteiger partial charge in [0.25, 0.3) is 0 Å². The minimum Gasteiger partial charge on any atom is -0.459 e. The van der Waals surface area contributed by atoms with Gasteiger partial charge >= 0.3 is 18.1 Å². The fourth-order valence-electron chi connectivity index (χ4n) is 1.63. The second-order valence-electron chi connectivity index (χ2n) is 4.29. The van der Waals surface area contributed by atoms with Gasteiger partial charge in [-0.1, -0.05) is 12.1 Å². The zero-order valence-corrected chi connectivity index (χ0v) is 12.6. The molecule has 0 aliphatic rings. The Balaban J connectivity index is 2.10. The highest BCUT2D eigenvalue weighted by atomic mass is 32.1. The summed E-state index contributed by atoms with van der Waals surface area (Å²) in [6, 6.07) is 4.48. The molecule has 0 spiro atoms. The van der Waals surface area contributed by atoms with E-state index in [1.807, 2.05) is 0 Å². The highest BCUT2D eigenvalue weighted by Crippen LogP contribution is 2.32. The molecule has 0 aliphatic heterocycles. The minimum atomic E-state index is -4.40. The Morgan fingerprint density at radius 1 is 1.26 bits per heavy atom. The van der Waals surface area contributed by atoms with Crippen LogP contribution in [0.25, 0.3) is 10.6 Å². The molecule has 5 nitrogen and oxygen atoms in total. The van der Waals surface area contributed by atoms with Crippen LogP contribution < -0.4 is 5.32 Å². The Hall–Kier alpha value is -2.42. The first-order valence-electron chi connectivity index (χ1n) is 6.42. The van der Waals surface area contributed by atoms with Crippen molar-refractivity contribution in [2.75, 3.05) is 11.9 Å². The lowest BCUT2D eigenvalue weighted by Crippen LogP contribution is -2.25. The average Bonchev–Trinajstić information content (AvgIpc) is 2.95. The number of aromatic nitrogens is 1. The SMILES string of the molecule is CCOC(=O)C(=O)Nc1csc(-c2ccc(C(F)(F)F)cc2)n1. The van der Waals surface area contributed by atoms with E-state index >= 15 is 0 Å². The van der Waals surface area contributed by atoms with E-state index in [1.165, 1.54) is 17.5 Å². The second kappa shape index (κ2) is 6.78. The van der Waals surface area contributed by atoms with E-state index in [4.69, 9.17) is 0 Å². The zero-order valence-electron chi connectivity index (χ0n) is 11.8. The molecule has 1 heterocycles. The molecule has 1 aromatic carbocycles. The maximum absolute atomic E-state index is 12.5. The maximum atomic E-state index is 12.5. The summed E-state index contributed by atoms with van der Waals surface area (Å²) in [6.07, 6.45) is -4.40. The molecule has 0 saturated heterocycles. The smallest absolute Gasteiger partial charge is 0.416 e. The lowest BCUT2D eigenvalue weighted by atomic mass is 10.1. The van der Waals surface area contributed by atoms with Crippen LogP contribution in [0.15, 0.2) is 29.6 Å². The quantitative estimate of drug-likeness (QED) is 0.685. The van der Waals surface area contributed by atoms with Gasteiger partial charge in [0.15, 0.2) is 0 Å². The number of hydrogen-bond donors (Lipinski definition) is 1. The summed E-state index contributed by atoms with van der Waals surface area (Å²) in [7, 11) is 0. The summed E-state index contributed by atoms with van der Waals surface area (Å²) in [5, 5.41) is 4.15. The fraction of sp³-hybridized carbons (Fsp3) is 0.214. The monoisotopic (exact) mass is 344 g/mol. The molecule has 0 bridgehead atoms. The highest BCUT2D eigenvalue weighted by molar-refractivity contribution is 7.13. The molecule has 0 saturated carbocycles. The molecule has 2 aromatic rings. The molecule has 122 valence electrons. The zero-order chi connectivity index (χ0) is 17.0.